The lowest BCUT2D eigenvalue weighted by molar-refractivity contribution is -0.121. The lowest BCUT2D eigenvalue weighted by Crippen LogP contribution is -2.51. The molecule has 0 saturated carbocycles. The van der Waals surface area contributed by atoms with Gasteiger partial charge in [0.1, 0.15) is 12.6 Å². The highest BCUT2D eigenvalue weighted by molar-refractivity contribution is 5.98. The van der Waals surface area contributed by atoms with Crippen molar-refractivity contribution >= 4 is 23.7 Å². The van der Waals surface area contributed by atoms with Crippen LogP contribution in [0.4, 0.5) is 10.5 Å². The summed E-state index contributed by atoms with van der Waals surface area (Å²) in [6.07, 6.45) is 1.02. The third-order valence-corrected chi connectivity index (χ3v) is 5.99. The molecule has 0 radical (unpaired) electrons. The van der Waals surface area contributed by atoms with Crippen LogP contribution in [-0.4, -0.2) is 53.9 Å². The number of pyridine rings is 1. The average Bonchev–Trinajstić information content (AvgIpc) is 3.19. The number of hydrogen-bond acceptors (Lipinski definition) is 6. The van der Waals surface area contributed by atoms with E-state index in [2.05, 4.69) is 15.6 Å². The van der Waals surface area contributed by atoms with Gasteiger partial charge in [0.2, 0.25) is 5.91 Å². The number of aromatic carboxylic acids is 1. The van der Waals surface area contributed by atoms with E-state index in [0.717, 1.165) is 22.3 Å². The van der Waals surface area contributed by atoms with Crippen molar-refractivity contribution in [3.63, 3.8) is 0 Å². The van der Waals surface area contributed by atoms with Crippen molar-refractivity contribution in [1.82, 2.24) is 10.3 Å². The molecule has 4 rings (SSSR count). The van der Waals surface area contributed by atoms with Crippen LogP contribution in [0.2, 0.25) is 0 Å². The van der Waals surface area contributed by atoms with Crippen molar-refractivity contribution in [2.75, 3.05) is 19.0 Å². The van der Waals surface area contributed by atoms with Crippen LogP contribution in [0.3, 0.4) is 0 Å². The zero-order valence-electron chi connectivity index (χ0n) is 19.2. The van der Waals surface area contributed by atoms with Crippen LogP contribution >= 0.6 is 0 Å². The number of ether oxygens (including phenoxy) is 2. The van der Waals surface area contributed by atoms with E-state index in [0.29, 0.717) is 0 Å². The Hall–Kier alpha value is -4.24. The van der Waals surface area contributed by atoms with Gasteiger partial charge in [-0.15, -0.1) is 0 Å². The summed E-state index contributed by atoms with van der Waals surface area (Å²) in [5, 5.41) is 14.3. The Morgan fingerprint density at radius 2 is 1.66 bits per heavy atom. The number of carbonyl (C=O) groups is 3. The number of alkyl carbamates (subject to hydrolysis) is 1. The second-order valence-electron chi connectivity index (χ2n) is 8.15. The molecule has 35 heavy (non-hydrogen) atoms. The van der Waals surface area contributed by atoms with E-state index in [4.69, 9.17) is 14.6 Å². The predicted molar refractivity (Wildman–Crippen MR) is 128 cm³/mol. The number of carboxylic acids is 1. The summed E-state index contributed by atoms with van der Waals surface area (Å²) in [6.45, 7) is 1.72. The number of methoxy groups -OCH3 is 1. The largest absolute Gasteiger partial charge is 0.478 e. The number of rotatable bonds is 8. The second kappa shape index (κ2) is 10.4. The Balaban J connectivity index is 1.44. The third-order valence-electron chi connectivity index (χ3n) is 5.99. The molecule has 180 valence electrons. The van der Waals surface area contributed by atoms with Crippen LogP contribution < -0.4 is 10.6 Å². The number of hydrogen-bond donors (Lipinski definition) is 3. The highest BCUT2D eigenvalue weighted by Crippen LogP contribution is 2.44. The third kappa shape index (κ3) is 5.15. The van der Waals surface area contributed by atoms with E-state index in [9.17, 15) is 14.4 Å². The van der Waals surface area contributed by atoms with Gasteiger partial charge in [0.25, 0.3) is 0 Å². The molecule has 0 bridgehead atoms. The number of anilines is 1. The summed E-state index contributed by atoms with van der Waals surface area (Å²) in [5.41, 5.74) is 4.47. The summed E-state index contributed by atoms with van der Waals surface area (Å²) < 4.78 is 10.8. The van der Waals surface area contributed by atoms with Crippen molar-refractivity contribution in [3.8, 4) is 11.1 Å². The van der Waals surface area contributed by atoms with Crippen LogP contribution in [-0.2, 0) is 14.3 Å². The summed E-state index contributed by atoms with van der Waals surface area (Å²) in [7, 11) is 1.41. The first-order valence-corrected chi connectivity index (χ1v) is 11.0. The van der Waals surface area contributed by atoms with Gasteiger partial charge in [0.05, 0.1) is 23.6 Å². The lowest BCUT2D eigenvalue weighted by atomic mass is 9.98. The maximum Gasteiger partial charge on any atom is 0.407 e. The molecule has 2 amide bonds. The Labute approximate surface area is 202 Å². The van der Waals surface area contributed by atoms with Gasteiger partial charge in [-0.2, -0.15) is 0 Å². The van der Waals surface area contributed by atoms with Gasteiger partial charge in [-0.1, -0.05) is 48.5 Å². The normalized spacial score (nSPS) is 13.8. The molecule has 0 fully saturated rings. The number of carbonyl (C=O) groups excluding carboxylic acids is 2. The monoisotopic (exact) mass is 475 g/mol. The fourth-order valence-corrected chi connectivity index (χ4v) is 4.14. The van der Waals surface area contributed by atoms with Crippen molar-refractivity contribution in [2.45, 2.75) is 25.0 Å². The molecular weight excluding hydrogens is 450 g/mol. The Bertz CT molecular complexity index is 1220. The van der Waals surface area contributed by atoms with Gasteiger partial charge < -0.3 is 25.2 Å². The zero-order chi connectivity index (χ0) is 24.9. The maximum absolute atomic E-state index is 12.9. The van der Waals surface area contributed by atoms with Crippen LogP contribution in [0.15, 0.2) is 67.0 Å². The van der Waals surface area contributed by atoms with E-state index in [1.165, 1.54) is 25.6 Å². The minimum absolute atomic E-state index is 0.0800. The fraction of sp³-hybridized carbons (Fsp3) is 0.231. The van der Waals surface area contributed by atoms with E-state index in [1.807, 2.05) is 48.5 Å². The molecule has 1 aliphatic rings. The van der Waals surface area contributed by atoms with Crippen molar-refractivity contribution in [2.24, 2.45) is 0 Å². The first kappa shape index (κ1) is 23.9. The highest BCUT2D eigenvalue weighted by Gasteiger charge is 2.31. The topological polar surface area (TPSA) is 127 Å². The van der Waals surface area contributed by atoms with Crippen LogP contribution in [0.5, 0.6) is 0 Å². The molecule has 1 aliphatic carbocycles. The molecule has 2 aromatic carbocycles. The van der Waals surface area contributed by atoms with Crippen molar-refractivity contribution < 1.29 is 29.0 Å². The van der Waals surface area contributed by atoms with Crippen molar-refractivity contribution in [1.29, 1.82) is 0 Å². The maximum atomic E-state index is 12.9. The molecule has 3 aromatic rings. The molecule has 1 aromatic heterocycles. The number of nitrogens with zero attached hydrogens (tertiary/aromatic N) is 1. The van der Waals surface area contributed by atoms with Crippen LogP contribution in [0.25, 0.3) is 11.1 Å². The number of benzene rings is 2. The molecule has 2 atom stereocenters. The van der Waals surface area contributed by atoms with E-state index >= 15 is 0 Å². The van der Waals surface area contributed by atoms with Crippen LogP contribution in [0.1, 0.15) is 34.3 Å². The summed E-state index contributed by atoms with van der Waals surface area (Å²) in [5.74, 6) is -1.89. The lowest BCUT2D eigenvalue weighted by Gasteiger charge is -2.23. The molecule has 0 aliphatic heterocycles. The minimum Gasteiger partial charge on any atom is -0.478 e. The average molecular weight is 476 g/mol. The van der Waals surface area contributed by atoms with Gasteiger partial charge in [0.15, 0.2) is 0 Å². The highest BCUT2D eigenvalue weighted by atomic mass is 16.5. The van der Waals surface area contributed by atoms with Gasteiger partial charge in [-0.3, -0.25) is 9.78 Å². The predicted octanol–water partition coefficient (Wildman–Crippen LogP) is 3.66. The first-order valence-electron chi connectivity index (χ1n) is 11.0. The number of fused-ring (bicyclic) bond motifs is 3. The number of amides is 2. The Kier molecular flexibility index (Phi) is 7.07. The molecule has 0 spiro atoms. The quantitative estimate of drug-likeness (QED) is 0.454. The molecule has 0 saturated heterocycles. The van der Waals surface area contributed by atoms with E-state index in [1.54, 1.807) is 6.92 Å². The minimum atomic E-state index is -1.17. The molecule has 9 heteroatoms. The van der Waals surface area contributed by atoms with Gasteiger partial charge in [0, 0.05) is 19.2 Å². The molecule has 9 nitrogen and oxygen atoms in total. The Morgan fingerprint density at radius 3 is 2.26 bits per heavy atom. The van der Waals surface area contributed by atoms with Gasteiger partial charge >= 0.3 is 12.1 Å². The van der Waals surface area contributed by atoms with E-state index < -0.39 is 30.1 Å². The molecule has 0 unspecified atom stereocenters. The zero-order valence-corrected chi connectivity index (χ0v) is 19.2. The smallest absolute Gasteiger partial charge is 0.407 e. The van der Waals surface area contributed by atoms with Crippen LogP contribution in [0, 0.1) is 0 Å². The van der Waals surface area contributed by atoms with Gasteiger partial charge in [-0.25, -0.2) is 9.59 Å². The molecule has 3 N–H and O–H groups in total. The molecule has 1 heterocycles. The first-order chi connectivity index (χ1) is 16.9. The number of carboxylic acid groups (broad SMARTS) is 1. The summed E-state index contributed by atoms with van der Waals surface area (Å²) in [4.78, 5) is 40.6. The second-order valence-corrected chi connectivity index (χ2v) is 8.15. The fourth-order valence-electron chi connectivity index (χ4n) is 4.14. The Morgan fingerprint density at radius 1 is 1.03 bits per heavy atom. The summed E-state index contributed by atoms with van der Waals surface area (Å²) >= 11 is 0. The number of nitrogens with one attached hydrogen (secondary N) is 2. The van der Waals surface area contributed by atoms with E-state index in [-0.39, 0.29) is 23.8 Å². The van der Waals surface area contributed by atoms with Gasteiger partial charge in [-0.05, 0) is 35.2 Å². The van der Waals surface area contributed by atoms with Crippen molar-refractivity contribution in [3.05, 3.63) is 83.7 Å². The summed E-state index contributed by atoms with van der Waals surface area (Å²) in [6, 6.07) is 16.2. The number of aromatic nitrogens is 1. The molecular formula is C26H25N3O6. The standard InChI is InChI=1S/C26H25N3O6/c1-15(34-2)23(24(30)28-17-11-16(25(31)32)12-27-13-17)29-26(33)35-14-22-20-9-5-3-7-18(20)19-8-4-6-10-21(19)22/h3-13,15,22-23H,14H2,1-2H3,(H,28,30)(H,29,33)(H,31,32)/t15-,23+/m1/s1. The SMILES string of the molecule is CO[C@H](C)[C@H](NC(=O)OCC1c2ccccc2-c2ccccc21)C(=O)Nc1cncc(C(=O)O)c1.